The number of carbonyl (C=O) groups is 1. The molecule has 0 unspecified atom stereocenters. The van der Waals surface area contributed by atoms with Gasteiger partial charge in [-0.3, -0.25) is 9.69 Å². The van der Waals surface area contributed by atoms with Crippen LogP contribution in [0.25, 0.3) is 0 Å². The number of rotatable bonds is 4. The van der Waals surface area contributed by atoms with E-state index in [2.05, 4.69) is 10.1 Å². The van der Waals surface area contributed by atoms with E-state index >= 15 is 0 Å². The summed E-state index contributed by atoms with van der Waals surface area (Å²) >= 11 is 0. The summed E-state index contributed by atoms with van der Waals surface area (Å²) in [5, 5.41) is 4.14. The Balaban J connectivity index is 1.47. The highest BCUT2D eigenvalue weighted by Gasteiger charge is 2.31. The number of ether oxygens (including phenoxy) is 1. The fourth-order valence-corrected chi connectivity index (χ4v) is 3.75. The van der Waals surface area contributed by atoms with Crippen LogP contribution in [0.2, 0.25) is 0 Å². The molecule has 0 aliphatic carbocycles. The van der Waals surface area contributed by atoms with Crippen LogP contribution in [0.15, 0.2) is 27.3 Å². The predicted molar refractivity (Wildman–Crippen MR) is 93.7 cm³/mol. The van der Waals surface area contributed by atoms with Crippen LogP contribution in [-0.2, 0) is 11.3 Å². The fraction of sp³-hybridized carbons (Fsp3) is 0.579. The Kier molecular flexibility index (Phi) is 5.08. The van der Waals surface area contributed by atoms with Crippen LogP contribution >= 0.6 is 0 Å². The summed E-state index contributed by atoms with van der Waals surface area (Å²) in [5.41, 5.74) is 1.45. The van der Waals surface area contributed by atoms with Crippen molar-refractivity contribution in [3.63, 3.8) is 0 Å². The molecule has 0 N–H and O–H groups in total. The molecule has 0 saturated carbocycles. The summed E-state index contributed by atoms with van der Waals surface area (Å²) in [4.78, 5) is 17.3. The van der Waals surface area contributed by atoms with Gasteiger partial charge >= 0.3 is 0 Å². The zero-order chi connectivity index (χ0) is 17.9. The quantitative estimate of drug-likeness (QED) is 0.836. The molecule has 2 aromatic rings. The van der Waals surface area contributed by atoms with Crippen molar-refractivity contribution in [2.45, 2.75) is 38.8 Å². The number of aromatic nitrogens is 1. The Hall–Kier alpha value is -2.12. The standard InChI is InChI=1S/C19H25N3O4/c1-14-10-17(20-26-14)18-4-2-3-5-22(18)19(23)15-11-16(25-13-15)12-21-6-8-24-9-7-21/h10-11,13,18H,2-9,12H2,1H3/t18-/m0/s1. The molecule has 2 fully saturated rings. The summed E-state index contributed by atoms with van der Waals surface area (Å²) in [7, 11) is 0. The van der Waals surface area contributed by atoms with E-state index in [0.29, 0.717) is 12.1 Å². The maximum absolute atomic E-state index is 13.1. The lowest BCUT2D eigenvalue weighted by atomic mass is 9.98. The lowest BCUT2D eigenvalue weighted by Crippen LogP contribution is -2.38. The Morgan fingerprint density at radius 3 is 2.85 bits per heavy atom. The third-order valence-corrected chi connectivity index (χ3v) is 5.14. The van der Waals surface area contributed by atoms with Gasteiger partial charge in [-0.2, -0.15) is 0 Å². The molecular formula is C19H25N3O4. The highest BCUT2D eigenvalue weighted by Crippen LogP contribution is 2.32. The molecule has 1 amide bonds. The van der Waals surface area contributed by atoms with E-state index in [0.717, 1.165) is 69.3 Å². The second-order valence-electron chi connectivity index (χ2n) is 7.06. The van der Waals surface area contributed by atoms with Gasteiger partial charge < -0.3 is 18.6 Å². The number of carbonyl (C=O) groups excluding carboxylic acids is 1. The summed E-state index contributed by atoms with van der Waals surface area (Å²) in [6.45, 7) is 6.60. The van der Waals surface area contributed by atoms with Crippen LogP contribution in [0, 0.1) is 6.92 Å². The third kappa shape index (κ3) is 3.68. The first-order valence-corrected chi connectivity index (χ1v) is 9.32. The molecule has 0 radical (unpaired) electrons. The first-order valence-electron chi connectivity index (χ1n) is 9.32. The summed E-state index contributed by atoms with van der Waals surface area (Å²) < 4.78 is 16.2. The first kappa shape index (κ1) is 17.3. The summed E-state index contributed by atoms with van der Waals surface area (Å²) in [6.07, 6.45) is 4.60. The maximum atomic E-state index is 13.1. The van der Waals surface area contributed by atoms with Gasteiger partial charge in [0.1, 0.15) is 23.5 Å². The number of hydrogen-bond acceptors (Lipinski definition) is 6. The molecule has 2 aliphatic rings. The van der Waals surface area contributed by atoms with Gasteiger partial charge in [0.05, 0.1) is 31.4 Å². The third-order valence-electron chi connectivity index (χ3n) is 5.14. The van der Waals surface area contributed by atoms with Crippen molar-refractivity contribution in [2.24, 2.45) is 0 Å². The van der Waals surface area contributed by atoms with E-state index in [1.54, 1.807) is 6.26 Å². The van der Waals surface area contributed by atoms with Gasteiger partial charge in [-0.15, -0.1) is 0 Å². The molecule has 140 valence electrons. The number of nitrogens with zero attached hydrogens (tertiary/aromatic N) is 3. The lowest BCUT2D eigenvalue weighted by molar-refractivity contribution is 0.0313. The van der Waals surface area contributed by atoms with E-state index in [1.807, 2.05) is 24.0 Å². The summed E-state index contributed by atoms with van der Waals surface area (Å²) in [5.74, 6) is 1.60. The molecule has 1 atom stereocenters. The van der Waals surface area contributed by atoms with Gasteiger partial charge in [0, 0.05) is 25.7 Å². The Labute approximate surface area is 152 Å². The monoisotopic (exact) mass is 359 g/mol. The number of hydrogen-bond donors (Lipinski definition) is 0. The molecule has 0 spiro atoms. The zero-order valence-electron chi connectivity index (χ0n) is 15.1. The molecule has 2 aliphatic heterocycles. The minimum Gasteiger partial charge on any atom is -0.467 e. The molecule has 7 nitrogen and oxygen atoms in total. The molecule has 2 aromatic heterocycles. The van der Waals surface area contributed by atoms with Gasteiger partial charge in [0.2, 0.25) is 0 Å². The minimum absolute atomic E-state index is 0.00679. The maximum Gasteiger partial charge on any atom is 0.257 e. The van der Waals surface area contributed by atoms with Crippen LogP contribution in [0.4, 0.5) is 0 Å². The van der Waals surface area contributed by atoms with Gasteiger partial charge in [-0.1, -0.05) is 5.16 Å². The van der Waals surface area contributed by atoms with Crippen molar-refractivity contribution in [3.05, 3.63) is 41.2 Å². The van der Waals surface area contributed by atoms with Crippen LogP contribution in [0.1, 0.15) is 52.9 Å². The van der Waals surface area contributed by atoms with Crippen LogP contribution < -0.4 is 0 Å². The van der Waals surface area contributed by atoms with Crippen molar-refractivity contribution in [1.82, 2.24) is 15.0 Å². The normalized spacial score (nSPS) is 21.9. The van der Waals surface area contributed by atoms with Crippen molar-refractivity contribution in [1.29, 1.82) is 0 Å². The SMILES string of the molecule is Cc1cc([C@@H]2CCCCN2C(=O)c2coc(CN3CCOCC3)c2)no1. The fourth-order valence-electron chi connectivity index (χ4n) is 3.75. The van der Waals surface area contributed by atoms with Gasteiger partial charge in [0.25, 0.3) is 5.91 Å². The second kappa shape index (κ2) is 7.63. The molecule has 2 saturated heterocycles. The highest BCUT2D eigenvalue weighted by atomic mass is 16.5. The van der Waals surface area contributed by atoms with E-state index in [9.17, 15) is 4.79 Å². The number of likely N-dealkylation sites (tertiary alicyclic amines) is 1. The lowest BCUT2D eigenvalue weighted by Gasteiger charge is -2.34. The number of aryl methyl sites for hydroxylation is 1. The van der Waals surface area contributed by atoms with Crippen molar-refractivity contribution in [3.8, 4) is 0 Å². The van der Waals surface area contributed by atoms with E-state index in [-0.39, 0.29) is 11.9 Å². The van der Waals surface area contributed by atoms with E-state index in [1.165, 1.54) is 0 Å². The Morgan fingerprint density at radius 2 is 2.08 bits per heavy atom. The van der Waals surface area contributed by atoms with Crippen molar-refractivity contribution < 1.29 is 18.5 Å². The zero-order valence-corrected chi connectivity index (χ0v) is 15.1. The second-order valence-corrected chi connectivity index (χ2v) is 7.06. The van der Waals surface area contributed by atoms with E-state index < -0.39 is 0 Å². The average molecular weight is 359 g/mol. The minimum atomic E-state index is -0.0220. The number of furan rings is 1. The van der Waals surface area contributed by atoms with Crippen LogP contribution in [-0.4, -0.2) is 53.7 Å². The Bertz CT molecular complexity index is 748. The van der Waals surface area contributed by atoms with E-state index in [4.69, 9.17) is 13.7 Å². The molecule has 4 rings (SSSR count). The molecular weight excluding hydrogens is 334 g/mol. The largest absolute Gasteiger partial charge is 0.467 e. The van der Waals surface area contributed by atoms with Gasteiger partial charge in [-0.05, 0) is 32.3 Å². The molecule has 4 heterocycles. The van der Waals surface area contributed by atoms with Crippen LogP contribution in [0.3, 0.4) is 0 Å². The number of morpholine rings is 1. The smallest absolute Gasteiger partial charge is 0.257 e. The topological polar surface area (TPSA) is 72.0 Å². The van der Waals surface area contributed by atoms with Crippen LogP contribution in [0.5, 0.6) is 0 Å². The van der Waals surface area contributed by atoms with Crippen molar-refractivity contribution >= 4 is 5.91 Å². The molecule has 0 bridgehead atoms. The summed E-state index contributed by atoms with van der Waals surface area (Å²) in [6, 6.07) is 3.78. The molecule has 0 aromatic carbocycles. The van der Waals surface area contributed by atoms with Gasteiger partial charge in [0.15, 0.2) is 0 Å². The highest BCUT2D eigenvalue weighted by molar-refractivity contribution is 5.94. The van der Waals surface area contributed by atoms with Crippen molar-refractivity contribution in [2.75, 3.05) is 32.8 Å². The predicted octanol–water partition coefficient (Wildman–Crippen LogP) is 2.78. The number of piperidine rings is 1. The Morgan fingerprint density at radius 1 is 1.23 bits per heavy atom. The number of amides is 1. The first-order chi connectivity index (χ1) is 12.7. The molecule has 7 heteroatoms. The molecule has 26 heavy (non-hydrogen) atoms. The average Bonchev–Trinajstić information content (AvgIpc) is 3.31. The van der Waals surface area contributed by atoms with Gasteiger partial charge in [-0.25, -0.2) is 0 Å².